The third-order valence-corrected chi connectivity index (χ3v) is 4.16. The van der Waals surface area contributed by atoms with E-state index in [1.165, 1.54) is 0 Å². The average molecular weight is 412 g/mol. The Bertz CT molecular complexity index is 852. The highest BCUT2D eigenvalue weighted by Gasteiger charge is 2.08. The second-order valence-corrected chi connectivity index (χ2v) is 6.52. The Morgan fingerprint density at radius 1 is 0.900 bits per heavy atom. The molecule has 0 aromatic heterocycles. The summed E-state index contributed by atoms with van der Waals surface area (Å²) >= 11 is 0. The molecule has 0 saturated heterocycles. The molecule has 30 heavy (non-hydrogen) atoms. The first-order valence-corrected chi connectivity index (χ1v) is 9.82. The predicted molar refractivity (Wildman–Crippen MR) is 117 cm³/mol. The van der Waals surface area contributed by atoms with E-state index < -0.39 is 0 Å². The Hall–Kier alpha value is -3.39. The number of nitrogens with one attached hydrogen (secondary N) is 4. The lowest BCUT2D eigenvalue weighted by atomic mass is 10.2. The molecule has 8 heteroatoms. The Morgan fingerprint density at radius 3 is 2.33 bits per heavy atom. The fraction of sp³-hybridized carbons (Fsp3) is 0.318. The van der Waals surface area contributed by atoms with Crippen LogP contribution in [0.3, 0.4) is 0 Å². The number of anilines is 2. The van der Waals surface area contributed by atoms with E-state index in [9.17, 15) is 14.4 Å². The molecule has 8 nitrogen and oxygen atoms in total. The lowest BCUT2D eigenvalue weighted by Crippen LogP contribution is -2.25. The van der Waals surface area contributed by atoms with Crippen molar-refractivity contribution >= 4 is 29.1 Å². The summed E-state index contributed by atoms with van der Waals surface area (Å²) < 4.78 is 4.94. The van der Waals surface area contributed by atoms with Crippen LogP contribution in [0.1, 0.15) is 34.1 Å². The van der Waals surface area contributed by atoms with Crippen LogP contribution >= 0.6 is 0 Å². The fourth-order valence-corrected chi connectivity index (χ4v) is 2.65. The molecule has 0 atom stereocenters. The minimum atomic E-state index is -0.241. The Labute approximate surface area is 176 Å². The monoisotopic (exact) mass is 412 g/mol. The van der Waals surface area contributed by atoms with Crippen LogP contribution in [0.25, 0.3) is 0 Å². The summed E-state index contributed by atoms with van der Waals surface area (Å²) in [5, 5.41) is 11.3. The van der Waals surface area contributed by atoms with Crippen LogP contribution in [0.4, 0.5) is 11.4 Å². The lowest BCUT2D eigenvalue weighted by Gasteiger charge is -2.10. The third kappa shape index (κ3) is 7.56. The largest absolute Gasteiger partial charge is 0.385 e. The van der Waals surface area contributed by atoms with Crippen LogP contribution < -0.4 is 21.3 Å². The van der Waals surface area contributed by atoms with Gasteiger partial charge in [-0.1, -0.05) is 6.07 Å². The van der Waals surface area contributed by atoms with Crippen LogP contribution in [0.2, 0.25) is 0 Å². The number of carbonyl (C=O) groups is 3. The van der Waals surface area contributed by atoms with Crippen molar-refractivity contribution in [3.63, 3.8) is 0 Å². The summed E-state index contributed by atoms with van der Waals surface area (Å²) in [5.41, 5.74) is 2.31. The van der Waals surface area contributed by atoms with Crippen molar-refractivity contribution in [3.8, 4) is 0 Å². The Kier molecular flexibility index (Phi) is 9.33. The average Bonchev–Trinajstić information content (AvgIpc) is 2.76. The van der Waals surface area contributed by atoms with E-state index in [0.717, 1.165) is 6.42 Å². The highest BCUT2D eigenvalue weighted by molar-refractivity contribution is 5.97. The van der Waals surface area contributed by atoms with E-state index in [1.54, 1.807) is 55.6 Å². The van der Waals surface area contributed by atoms with Crippen molar-refractivity contribution in [1.29, 1.82) is 0 Å². The SMILES string of the molecule is CCNC(=O)c1cccc(NCC(=O)Nc2ccc(C(=O)NCCCOC)cc2)c1. The molecule has 2 aromatic carbocycles. The first-order valence-electron chi connectivity index (χ1n) is 9.82. The summed E-state index contributed by atoms with van der Waals surface area (Å²) in [7, 11) is 1.62. The van der Waals surface area contributed by atoms with Gasteiger partial charge in [0.2, 0.25) is 5.91 Å². The molecular weight excluding hydrogens is 384 g/mol. The number of hydrogen-bond donors (Lipinski definition) is 4. The molecule has 0 bridgehead atoms. The summed E-state index contributed by atoms with van der Waals surface area (Å²) in [4.78, 5) is 36.1. The smallest absolute Gasteiger partial charge is 0.251 e. The van der Waals surface area contributed by atoms with Gasteiger partial charge in [0.05, 0.1) is 6.54 Å². The van der Waals surface area contributed by atoms with Crippen LogP contribution in [0.15, 0.2) is 48.5 Å². The molecule has 160 valence electrons. The first kappa shape index (κ1) is 22.9. The van der Waals surface area contributed by atoms with E-state index in [4.69, 9.17) is 4.74 Å². The number of ether oxygens (including phenoxy) is 1. The maximum atomic E-state index is 12.2. The number of amides is 3. The van der Waals surface area contributed by atoms with Gasteiger partial charge in [-0.15, -0.1) is 0 Å². The topological polar surface area (TPSA) is 109 Å². The first-order chi connectivity index (χ1) is 14.5. The molecule has 0 aliphatic heterocycles. The fourth-order valence-electron chi connectivity index (χ4n) is 2.65. The van der Waals surface area contributed by atoms with Crippen LogP contribution in [-0.4, -0.2) is 51.1 Å². The molecule has 0 radical (unpaired) electrons. The lowest BCUT2D eigenvalue weighted by molar-refractivity contribution is -0.114. The van der Waals surface area contributed by atoms with Crippen molar-refractivity contribution in [2.24, 2.45) is 0 Å². The van der Waals surface area contributed by atoms with Gasteiger partial charge in [0.1, 0.15) is 0 Å². The minimum Gasteiger partial charge on any atom is -0.385 e. The van der Waals surface area contributed by atoms with E-state index >= 15 is 0 Å². The Balaban J connectivity index is 1.82. The highest BCUT2D eigenvalue weighted by atomic mass is 16.5. The minimum absolute atomic E-state index is 0.0422. The molecular formula is C22H28N4O4. The van der Waals surface area contributed by atoms with Gasteiger partial charge < -0.3 is 26.0 Å². The molecule has 0 aliphatic carbocycles. The summed E-state index contributed by atoms with van der Waals surface area (Å²) in [6.45, 7) is 3.58. The molecule has 4 N–H and O–H groups in total. The molecule has 2 rings (SSSR count). The van der Waals surface area contributed by atoms with Crippen LogP contribution in [0, 0.1) is 0 Å². The molecule has 3 amide bonds. The normalized spacial score (nSPS) is 10.2. The van der Waals surface area contributed by atoms with Gasteiger partial charge in [0.15, 0.2) is 0 Å². The van der Waals surface area contributed by atoms with E-state index in [2.05, 4.69) is 21.3 Å². The third-order valence-electron chi connectivity index (χ3n) is 4.16. The molecule has 0 aliphatic rings. The quantitative estimate of drug-likeness (QED) is 0.424. The number of methoxy groups -OCH3 is 1. The van der Waals surface area contributed by atoms with Gasteiger partial charge in [-0.25, -0.2) is 0 Å². The van der Waals surface area contributed by atoms with Crippen LogP contribution in [-0.2, 0) is 9.53 Å². The molecule has 0 heterocycles. The number of carbonyl (C=O) groups excluding carboxylic acids is 3. The van der Waals surface area contributed by atoms with Gasteiger partial charge in [-0.2, -0.15) is 0 Å². The van der Waals surface area contributed by atoms with Crippen molar-refractivity contribution in [2.45, 2.75) is 13.3 Å². The zero-order valence-corrected chi connectivity index (χ0v) is 17.3. The summed E-state index contributed by atoms with van der Waals surface area (Å²) in [6, 6.07) is 13.6. The van der Waals surface area contributed by atoms with Crippen LogP contribution in [0.5, 0.6) is 0 Å². The summed E-state index contributed by atoms with van der Waals surface area (Å²) in [5.74, 6) is -0.568. The van der Waals surface area contributed by atoms with Gasteiger partial charge in [0.25, 0.3) is 11.8 Å². The predicted octanol–water partition coefficient (Wildman–Crippen LogP) is 2.25. The standard InChI is InChI=1S/C22H28N4O4/c1-3-23-22(29)17-6-4-7-19(14-17)25-15-20(27)26-18-10-8-16(9-11-18)21(28)24-12-5-13-30-2/h4,6-11,14,25H,3,5,12-13,15H2,1-2H3,(H,23,29)(H,24,28)(H,26,27). The molecule has 0 fully saturated rings. The zero-order valence-electron chi connectivity index (χ0n) is 17.3. The number of benzene rings is 2. The van der Waals surface area contributed by atoms with Gasteiger partial charge in [-0.3, -0.25) is 14.4 Å². The molecule has 0 saturated carbocycles. The number of hydrogen-bond acceptors (Lipinski definition) is 5. The van der Waals surface area contributed by atoms with E-state index in [-0.39, 0.29) is 24.3 Å². The zero-order chi connectivity index (χ0) is 21.8. The highest BCUT2D eigenvalue weighted by Crippen LogP contribution is 2.12. The number of rotatable bonds is 11. The maximum absolute atomic E-state index is 12.2. The molecule has 2 aromatic rings. The molecule has 0 spiro atoms. The Morgan fingerprint density at radius 2 is 1.63 bits per heavy atom. The van der Waals surface area contributed by atoms with Gasteiger partial charge in [0, 0.05) is 49.3 Å². The maximum Gasteiger partial charge on any atom is 0.251 e. The van der Waals surface area contributed by atoms with Crippen molar-refractivity contribution in [1.82, 2.24) is 10.6 Å². The van der Waals surface area contributed by atoms with Crippen molar-refractivity contribution in [3.05, 3.63) is 59.7 Å². The second kappa shape index (κ2) is 12.2. The molecule has 0 unspecified atom stereocenters. The van der Waals surface area contributed by atoms with Crippen molar-refractivity contribution in [2.75, 3.05) is 44.0 Å². The van der Waals surface area contributed by atoms with Gasteiger partial charge in [-0.05, 0) is 55.8 Å². The van der Waals surface area contributed by atoms with E-state index in [0.29, 0.717) is 42.2 Å². The van der Waals surface area contributed by atoms with Crippen molar-refractivity contribution < 1.29 is 19.1 Å². The van der Waals surface area contributed by atoms with Gasteiger partial charge >= 0.3 is 0 Å². The summed E-state index contributed by atoms with van der Waals surface area (Å²) in [6.07, 6.45) is 0.746. The van der Waals surface area contributed by atoms with E-state index in [1.807, 2.05) is 6.92 Å². The second-order valence-electron chi connectivity index (χ2n) is 6.52.